The molecule has 5 heteroatoms. The zero-order valence-electron chi connectivity index (χ0n) is 35.9. The summed E-state index contributed by atoms with van der Waals surface area (Å²) >= 11 is 0. The summed E-state index contributed by atoms with van der Waals surface area (Å²) in [7, 11) is 0. The van der Waals surface area contributed by atoms with Crippen molar-refractivity contribution in [3.05, 3.63) is 218 Å². The van der Waals surface area contributed by atoms with Crippen molar-refractivity contribution < 1.29 is 13.3 Å². The van der Waals surface area contributed by atoms with Crippen molar-refractivity contribution in [2.75, 3.05) is 0 Å². The number of benzene rings is 10. The maximum absolute atomic E-state index is 6.40. The van der Waals surface area contributed by atoms with Crippen LogP contribution in [0.1, 0.15) is 0 Å². The fourth-order valence-corrected chi connectivity index (χ4v) is 10.0. The van der Waals surface area contributed by atoms with Gasteiger partial charge >= 0.3 is 0 Å². The fourth-order valence-electron chi connectivity index (χ4n) is 10.0. The van der Waals surface area contributed by atoms with Gasteiger partial charge in [-0.2, -0.15) is 0 Å². The van der Waals surface area contributed by atoms with Crippen LogP contribution in [0.25, 0.3) is 144 Å². The Kier molecular flexibility index (Phi) is 8.21. The van der Waals surface area contributed by atoms with E-state index >= 15 is 0 Å². The third-order valence-corrected chi connectivity index (χ3v) is 13.3. The summed E-state index contributed by atoms with van der Waals surface area (Å²) in [5.74, 6) is 0.645. The molecule has 5 nitrogen and oxygen atoms in total. The Labute approximate surface area is 383 Å². The van der Waals surface area contributed by atoms with Crippen LogP contribution in [0.15, 0.2) is 232 Å². The van der Waals surface area contributed by atoms with Crippen molar-refractivity contribution >= 4 is 76.6 Å². The normalized spacial score (nSPS) is 11.9. The van der Waals surface area contributed by atoms with Gasteiger partial charge in [-0.05, 0) is 123 Å². The molecule has 0 aliphatic carbocycles. The van der Waals surface area contributed by atoms with Gasteiger partial charge in [0.2, 0.25) is 0 Å². The number of hydrogen-bond donors (Lipinski definition) is 0. The van der Waals surface area contributed by atoms with E-state index in [1.54, 1.807) is 0 Å². The number of furan rings is 3. The first-order valence-corrected chi connectivity index (χ1v) is 22.5. The molecule has 14 aromatic rings. The average Bonchev–Trinajstić information content (AvgIpc) is 4.09. The minimum absolute atomic E-state index is 0.645. The second kappa shape index (κ2) is 14.7. The molecule has 0 saturated carbocycles. The van der Waals surface area contributed by atoms with Crippen molar-refractivity contribution in [2.45, 2.75) is 0 Å². The summed E-state index contributed by atoms with van der Waals surface area (Å²) < 4.78 is 19.1. The number of para-hydroxylation sites is 3. The predicted molar refractivity (Wildman–Crippen MR) is 274 cm³/mol. The van der Waals surface area contributed by atoms with Gasteiger partial charge in [0.25, 0.3) is 0 Å². The summed E-state index contributed by atoms with van der Waals surface area (Å²) in [5, 5.41) is 8.72. The fraction of sp³-hybridized carbons (Fsp3) is 0. The molecule has 10 aromatic carbocycles. The molecule has 0 fully saturated rings. The topological polar surface area (TPSA) is 65.2 Å². The highest BCUT2D eigenvalue weighted by atomic mass is 16.3. The molecule has 0 unspecified atom stereocenters. The van der Waals surface area contributed by atoms with E-state index in [-0.39, 0.29) is 0 Å². The Morgan fingerprint density at radius 3 is 1.28 bits per heavy atom. The molecule has 0 bridgehead atoms. The third kappa shape index (κ3) is 6.17. The van der Waals surface area contributed by atoms with E-state index in [0.717, 1.165) is 133 Å². The van der Waals surface area contributed by atoms with E-state index in [4.69, 9.17) is 23.2 Å². The first-order valence-electron chi connectivity index (χ1n) is 22.5. The largest absolute Gasteiger partial charge is 0.456 e. The molecule has 312 valence electrons. The summed E-state index contributed by atoms with van der Waals surface area (Å²) in [4.78, 5) is 10.9. The van der Waals surface area contributed by atoms with Crippen LogP contribution in [0.3, 0.4) is 0 Å². The minimum atomic E-state index is 0.645. The Morgan fingerprint density at radius 2 is 0.701 bits per heavy atom. The van der Waals surface area contributed by atoms with Gasteiger partial charge in [0.05, 0.1) is 11.4 Å². The standard InChI is InChI=1S/C62H36N2O3/c1-2-13-38(14-3-1)62-63-53(43-23-22-37-12-4-5-15-39(37)30-43)36-54(64-62)61-48(41-25-28-59-51(32-41)46-17-7-10-20-56(46)66-59)34-44(40-24-27-58-50(31-40)45-16-6-9-19-55(45)65-58)35-49(61)42-26-29-60-52(33-42)47-18-8-11-21-57(47)67-60/h1-36H. The van der Waals surface area contributed by atoms with Gasteiger partial charge in [-0.1, -0.05) is 140 Å². The highest BCUT2D eigenvalue weighted by Crippen LogP contribution is 2.47. The highest BCUT2D eigenvalue weighted by Gasteiger charge is 2.23. The van der Waals surface area contributed by atoms with Gasteiger partial charge in [0.15, 0.2) is 5.82 Å². The Balaban J connectivity index is 1.11. The monoisotopic (exact) mass is 856 g/mol. The second-order valence-corrected chi connectivity index (χ2v) is 17.3. The van der Waals surface area contributed by atoms with Crippen molar-refractivity contribution in [3.8, 4) is 67.3 Å². The van der Waals surface area contributed by atoms with Crippen molar-refractivity contribution in [1.29, 1.82) is 0 Å². The first-order chi connectivity index (χ1) is 33.1. The Bertz CT molecular complexity index is 4150. The zero-order chi connectivity index (χ0) is 44.0. The van der Waals surface area contributed by atoms with Crippen LogP contribution >= 0.6 is 0 Å². The first kappa shape index (κ1) is 37.3. The van der Waals surface area contributed by atoms with E-state index in [2.05, 4.69) is 164 Å². The lowest BCUT2D eigenvalue weighted by molar-refractivity contribution is 0.668. The smallest absolute Gasteiger partial charge is 0.160 e. The molecule has 0 amide bonds. The molecule has 0 aliphatic heterocycles. The SMILES string of the molecule is c1ccc(-c2nc(-c3ccc4ccccc4c3)cc(-c3c(-c4ccc5oc6ccccc6c5c4)cc(-c4ccc5oc6ccccc6c5c4)cc3-c3ccc4oc5ccccc5c4c3)n2)cc1. The van der Waals surface area contributed by atoms with Crippen LogP contribution < -0.4 is 0 Å². The van der Waals surface area contributed by atoms with Gasteiger partial charge in [0.1, 0.15) is 33.5 Å². The quantitative estimate of drug-likeness (QED) is 0.167. The average molecular weight is 857 g/mol. The second-order valence-electron chi connectivity index (χ2n) is 17.3. The predicted octanol–water partition coefficient (Wildman–Crippen LogP) is 17.3. The molecule has 0 N–H and O–H groups in total. The lowest BCUT2D eigenvalue weighted by atomic mass is 9.85. The summed E-state index contributed by atoms with van der Waals surface area (Å²) in [6, 6.07) is 76.5. The molecule has 0 atom stereocenters. The van der Waals surface area contributed by atoms with Gasteiger partial charge in [0, 0.05) is 49.0 Å². The zero-order valence-corrected chi connectivity index (χ0v) is 35.9. The number of fused-ring (bicyclic) bond motifs is 10. The molecule has 4 aromatic heterocycles. The molecule has 0 spiro atoms. The molecular formula is C62H36N2O3. The van der Waals surface area contributed by atoms with Gasteiger partial charge < -0.3 is 13.3 Å². The number of nitrogens with zero attached hydrogens (tertiary/aromatic N) is 2. The van der Waals surface area contributed by atoms with Crippen LogP contribution in [0, 0.1) is 0 Å². The summed E-state index contributed by atoms with van der Waals surface area (Å²) in [6.07, 6.45) is 0. The summed E-state index contributed by atoms with van der Waals surface area (Å²) in [5.41, 5.74) is 15.9. The van der Waals surface area contributed by atoms with E-state index in [1.165, 1.54) is 5.39 Å². The van der Waals surface area contributed by atoms with Crippen LogP contribution in [0.4, 0.5) is 0 Å². The van der Waals surface area contributed by atoms with Crippen LogP contribution in [-0.2, 0) is 0 Å². The van der Waals surface area contributed by atoms with Crippen LogP contribution in [0.2, 0.25) is 0 Å². The lowest BCUT2D eigenvalue weighted by Gasteiger charge is -2.20. The minimum Gasteiger partial charge on any atom is -0.456 e. The third-order valence-electron chi connectivity index (χ3n) is 13.3. The molecule has 67 heavy (non-hydrogen) atoms. The van der Waals surface area contributed by atoms with Crippen molar-refractivity contribution in [1.82, 2.24) is 9.97 Å². The van der Waals surface area contributed by atoms with Gasteiger partial charge in [-0.3, -0.25) is 0 Å². The van der Waals surface area contributed by atoms with Gasteiger partial charge in [-0.15, -0.1) is 0 Å². The highest BCUT2D eigenvalue weighted by molar-refractivity contribution is 6.11. The lowest BCUT2D eigenvalue weighted by Crippen LogP contribution is -1.99. The van der Waals surface area contributed by atoms with E-state index in [0.29, 0.717) is 5.82 Å². The van der Waals surface area contributed by atoms with E-state index < -0.39 is 0 Å². The molecule has 4 heterocycles. The summed E-state index contributed by atoms with van der Waals surface area (Å²) in [6.45, 7) is 0. The maximum Gasteiger partial charge on any atom is 0.160 e. The Hall–Kier alpha value is -9.06. The molecular weight excluding hydrogens is 821 g/mol. The molecule has 0 radical (unpaired) electrons. The maximum atomic E-state index is 6.40. The molecule has 14 rings (SSSR count). The number of hydrogen-bond acceptors (Lipinski definition) is 5. The number of aromatic nitrogens is 2. The van der Waals surface area contributed by atoms with Crippen LogP contribution in [0.5, 0.6) is 0 Å². The molecule has 0 saturated heterocycles. The Morgan fingerprint density at radius 1 is 0.254 bits per heavy atom. The van der Waals surface area contributed by atoms with Crippen LogP contribution in [-0.4, -0.2) is 9.97 Å². The van der Waals surface area contributed by atoms with Crippen molar-refractivity contribution in [2.24, 2.45) is 0 Å². The molecule has 0 aliphatic rings. The van der Waals surface area contributed by atoms with Gasteiger partial charge in [-0.25, -0.2) is 9.97 Å². The van der Waals surface area contributed by atoms with E-state index in [9.17, 15) is 0 Å². The number of rotatable bonds is 6. The van der Waals surface area contributed by atoms with E-state index in [1.807, 2.05) is 54.6 Å². The van der Waals surface area contributed by atoms with Crippen molar-refractivity contribution in [3.63, 3.8) is 0 Å².